The maximum absolute atomic E-state index is 12.5. The predicted octanol–water partition coefficient (Wildman–Crippen LogP) is 4.37. The molecule has 3 aromatic rings. The predicted molar refractivity (Wildman–Crippen MR) is 135 cm³/mol. The van der Waals surface area contributed by atoms with Gasteiger partial charge in [-0.25, -0.2) is 0 Å². The minimum Gasteiger partial charge on any atom is -0.493 e. The third-order valence-corrected chi connectivity index (χ3v) is 6.80. The summed E-state index contributed by atoms with van der Waals surface area (Å²) in [5, 5.41) is 11.8. The average Bonchev–Trinajstić information content (AvgIpc) is 3.57. The lowest BCUT2D eigenvalue weighted by Gasteiger charge is -2.15. The van der Waals surface area contributed by atoms with E-state index >= 15 is 0 Å². The summed E-state index contributed by atoms with van der Waals surface area (Å²) in [6.45, 7) is 6.03. The Labute approximate surface area is 210 Å². The molecule has 0 aliphatic carbocycles. The van der Waals surface area contributed by atoms with Crippen LogP contribution in [0.2, 0.25) is 0 Å². The van der Waals surface area contributed by atoms with Gasteiger partial charge in [-0.1, -0.05) is 43.8 Å². The number of ether oxygens (including phenoxy) is 3. The van der Waals surface area contributed by atoms with E-state index < -0.39 is 0 Å². The molecule has 35 heavy (non-hydrogen) atoms. The monoisotopic (exact) mass is 496 g/mol. The fraction of sp³-hybridized carbons (Fsp3) is 0.423. The maximum Gasteiger partial charge on any atom is 0.230 e. The lowest BCUT2D eigenvalue weighted by atomic mass is 10.0. The van der Waals surface area contributed by atoms with Crippen LogP contribution in [0.1, 0.15) is 43.7 Å². The van der Waals surface area contributed by atoms with Crippen molar-refractivity contribution >= 4 is 17.7 Å². The molecule has 1 aliphatic heterocycles. The van der Waals surface area contributed by atoms with E-state index in [4.69, 9.17) is 14.2 Å². The van der Waals surface area contributed by atoms with Gasteiger partial charge in [0.05, 0.1) is 19.0 Å². The Kier molecular flexibility index (Phi) is 8.65. The molecule has 1 amide bonds. The summed E-state index contributed by atoms with van der Waals surface area (Å²) in [6, 6.07) is 14.0. The quantitative estimate of drug-likeness (QED) is 0.395. The van der Waals surface area contributed by atoms with Gasteiger partial charge in [-0.15, -0.1) is 10.2 Å². The number of nitrogens with zero attached hydrogens (tertiary/aromatic N) is 3. The summed E-state index contributed by atoms with van der Waals surface area (Å²) < 4.78 is 18.9. The van der Waals surface area contributed by atoms with E-state index in [2.05, 4.69) is 41.5 Å². The Balaban J connectivity index is 1.28. The number of thioether (sulfide) groups is 1. The van der Waals surface area contributed by atoms with Crippen molar-refractivity contribution < 1.29 is 19.0 Å². The molecule has 1 N–H and O–H groups in total. The van der Waals surface area contributed by atoms with Crippen molar-refractivity contribution in [1.29, 1.82) is 0 Å². The van der Waals surface area contributed by atoms with Gasteiger partial charge in [0.15, 0.2) is 16.7 Å². The molecule has 1 aromatic heterocycles. The Morgan fingerprint density at radius 2 is 2.06 bits per heavy atom. The first-order valence-electron chi connectivity index (χ1n) is 11.8. The molecule has 0 bridgehead atoms. The standard InChI is InChI=1S/C26H32N4O4S/c1-18(2)20-7-9-21(10-8-20)30-17-28-29-26(30)35-16-25(31)27-14-19-6-11-23(24(13-19)32-3)34-15-22-5-4-12-33-22/h6-11,13,17-18,22H,4-5,12,14-16H2,1-3H3,(H,27,31). The van der Waals surface area contributed by atoms with Crippen LogP contribution >= 0.6 is 11.8 Å². The molecule has 8 nitrogen and oxygen atoms in total. The summed E-state index contributed by atoms with van der Waals surface area (Å²) in [6.07, 6.45) is 3.90. The molecular weight excluding hydrogens is 464 g/mol. The summed E-state index contributed by atoms with van der Waals surface area (Å²) in [5.41, 5.74) is 3.17. The molecule has 0 spiro atoms. The van der Waals surface area contributed by atoms with Crippen LogP contribution < -0.4 is 14.8 Å². The fourth-order valence-corrected chi connectivity index (χ4v) is 4.56. The van der Waals surface area contributed by atoms with Crippen LogP contribution in [0.15, 0.2) is 53.9 Å². The lowest BCUT2D eigenvalue weighted by Crippen LogP contribution is -2.24. The van der Waals surface area contributed by atoms with E-state index in [-0.39, 0.29) is 17.8 Å². The molecule has 1 fully saturated rings. The van der Waals surface area contributed by atoms with E-state index in [9.17, 15) is 4.79 Å². The summed E-state index contributed by atoms with van der Waals surface area (Å²) in [5.74, 6) is 1.94. The summed E-state index contributed by atoms with van der Waals surface area (Å²) in [4.78, 5) is 12.5. The largest absolute Gasteiger partial charge is 0.493 e. The zero-order valence-electron chi connectivity index (χ0n) is 20.4. The SMILES string of the molecule is COc1cc(CNC(=O)CSc2nncn2-c2ccc(C(C)C)cc2)ccc1OCC1CCCO1. The highest BCUT2D eigenvalue weighted by atomic mass is 32.2. The van der Waals surface area contributed by atoms with E-state index in [1.54, 1.807) is 13.4 Å². The minimum absolute atomic E-state index is 0.0858. The van der Waals surface area contributed by atoms with Gasteiger partial charge in [-0.05, 0) is 54.2 Å². The number of benzene rings is 2. The normalized spacial score (nSPS) is 15.4. The van der Waals surface area contributed by atoms with Crippen LogP contribution in [-0.2, 0) is 16.1 Å². The average molecular weight is 497 g/mol. The molecule has 0 radical (unpaired) electrons. The number of carbonyl (C=O) groups is 1. The van der Waals surface area contributed by atoms with Gasteiger partial charge in [0.25, 0.3) is 0 Å². The van der Waals surface area contributed by atoms with Gasteiger partial charge >= 0.3 is 0 Å². The van der Waals surface area contributed by atoms with Crippen molar-refractivity contribution in [2.45, 2.75) is 50.4 Å². The Bertz CT molecular complexity index is 1110. The van der Waals surface area contributed by atoms with E-state index in [0.29, 0.717) is 35.7 Å². The topological polar surface area (TPSA) is 87.5 Å². The second-order valence-corrected chi connectivity index (χ2v) is 9.67. The maximum atomic E-state index is 12.5. The van der Waals surface area contributed by atoms with Gasteiger partial charge in [0.1, 0.15) is 12.9 Å². The molecule has 9 heteroatoms. The van der Waals surface area contributed by atoms with Crippen LogP contribution in [0.25, 0.3) is 5.69 Å². The molecule has 1 saturated heterocycles. The van der Waals surface area contributed by atoms with Crippen LogP contribution in [0.5, 0.6) is 11.5 Å². The van der Waals surface area contributed by atoms with Crippen molar-refractivity contribution in [1.82, 2.24) is 20.1 Å². The lowest BCUT2D eigenvalue weighted by molar-refractivity contribution is -0.118. The Hall–Kier alpha value is -3.04. The highest BCUT2D eigenvalue weighted by Gasteiger charge is 2.17. The van der Waals surface area contributed by atoms with Gasteiger partial charge in [-0.2, -0.15) is 0 Å². The number of hydrogen-bond acceptors (Lipinski definition) is 7. The van der Waals surface area contributed by atoms with E-state index in [0.717, 1.165) is 30.7 Å². The first-order chi connectivity index (χ1) is 17.0. The van der Waals surface area contributed by atoms with Crippen molar-refractivity contribution in [3.8, 4) is 17.2 Å². The molecule has 1 aliphatic rings. The van der Waals surface area contributed by atoms with Gasteiger partial charge in [0.2, 0.25) is 5.91 Å². The molecule has 2 heterocycles. The number of nitrogens with one attached hydrogen (secondary N) is 1. The second kappa shape index (κ2) is 12.1. The molecule has 1 unspecified atom stereocenters. The molecule has 1 atom stereocenters. The zero-order chi connectivity index (χ0) is 24.6. The number of carbonyl (C=O) groups excluding carboxylic acids is 1. The number of hydrogen-bond donors (Lipinski definition) is 1. The minimum atomic E-state index is -0.0858. The van der Waals surface area contributed by atoms with E-state index in [1.165, 1.54) is 17.3 Å². The highest BCUT2D eigenvalue weighted by molar-refractivity contribution is 7.99. The Morgan fingerprint density at radius 1 is 1.23 bits per heavy atom. The number of methoxy groups -OCH3 is 1. The van der Waals surface area contributed by atoms with Gasteiger partial charge in [-0.3, -0.25) is 9.36 Å². The second-order valence-electron chi connectivity index (χ2n) is 8.73. The molecule has 4 rings (SSSR count). The smallest absolute Gasteiger partial charge is 0.230 e. The van der Waals surface area contributed by atoms with Gasteiger partial charge < -0.3 is 19.5 Å². The van der Waals surface area contributed by atoms with Crippen molar-refractivity contribution in [2.75, 3.05) is 26.1 Å². The number of rotatable bonds is 11. The molecular formula is C26H32N4O4S. The Morgan fingerprint density at radius 3 is 2.77 bits per heavy atom. The van der Waals surface area contributed by atoms with Crippen LogP contribution in [0, 0.1) is 0 Å². The van der Waals surface area contributed by atoms with Crippen molar-refractivity contribution in [3.63, 3.8) is 0 Å². The van der Waals surface area contributed by atoms with Crippen molar-refractivity contribution in [3.05, 3.63) is 59.9 Å². The first kappa shape index (κ1) is 25.1. The number of aromatic nitrogens is 3. The van der Waals surface area contributed by atoms with Crippen LogP contribution in [0.4, 0.5) is 0 Å². The molecule has 2 aromatic carbocycles. The first-order valence-corrected chi connectivity index (χ1v) is 12.8. The third kappa shape index (κ3) is 6.76. The van der Waals surface area contributed by atoms with Crippen LogP contribution in [0.3, 0.4) is 0 Å². The zero-order valence-corrected chi connectivity index (χ0v) is 21.2. The summed E-state index contributed by atoms with van der Waals surface area (Å²) in [7, 11) is 1.61. The van der Waals surface area contributed by atoms with Crippen LogP contribution in [-0.4, -0.2) is 52.9 Å². The molecule has 0 saturated carbocycles. The summed E-state index contributed by atoms with van der Waals surface area (Å²) >= 11 is 1.35. The number of amides is 1. The third-order valence-electron chi connectivity index (χ3n) is 5.85. The molecule has 186 valence electrons. The van der Waals surface area contributed by atoms with Crippen molar-refractivity contribution in [2.24, 2.45) is 0 Å². The highest BCUT2D eigenvalue weighted by Crippen LogP contribution is 2.29. The van der Waals surface area contributed by atoms with Gasteiger partial charge in [0, 0.05) is 18.8 Å². The van der Waals surface area contributed by atoms with E-state index in [1.807, 2.05) is 34.9 Å². The fourth-order valence-electron chi connectivity index (χ4n) is 3.80.